The number of nitrogens with one attached hydrogen (secondary N) is 11. The molecule has 1 aliphatic rings. The second-order valence-corrected chi connectivity index (χ2v) is 17.8. The van der Waals surface area contributed by atoms with Crippen LogP contribution < -0.4 is 81.3 Å². The van der Waals surface area contributed by atoms with Crippen molar-refractivity contribution in [3.8, 4) is 0 Å². The fourth-order valence-electron chi connectivity index (χ4n) is 8.58. The van der Waals surface area contributed by atoms with Gasteiger partial charge in [0.05, 0.1) is 19.6 Å². The fourth-order valence-corrected chi connectivity index (χ4v) is 8.58. The number of aromatic nitrogens is 2. The molecule has 23 N–H and O–H groups in total. The van der Waals surface area contributed by atoms with Gasteiger partial charge in [0.15, 0.2) is 0 Å². The predicted molar refractivity (Wildman–Crippen MR) is 271 cm³/mol. The Labute approximate surface area is 415 Å². The number of aromatic amines is 2. The minimum Gasteiger partial charge on any atom is -0.361 e. The molecule has 6 atom stereocenters. The van der Waals surface area contributed by atoms with Gasteiger partial charge in [-0.05, 0) is 67.3 Å². The van der Waals surface area contributed by atoms with Crippen LogP contribution in [0.4, 0.5) is 0 Å². The third-order valence-electron chi connectivity index (χ3n) is 12.3. The number of fused-ring (bicyclic) bond motifs is 2. The zero-order valence-corrected chi connectivity index (χ0v) is 40.0. The largest absolute Gasteiger partial charge is 0.361 e. The second-order valence-electron chi connectivity index (χ2n) is 17.8. The average Bonchev–Trinajstić information content (AvgIpc) is 3.96. The maximum absolute atomic E-state index is 15.0. The van der Waals surface area contributed by atoms with Gasteiger partial charge in [0.1, 0.15) is 36.3 Å². The Hall–Kier alpha value is -8.63. The molecule has 0 spiro atoms. The molecule has 6 amide bonds. The molecule has 3 heterocycles. The van der Waals surface area contributed by atoms with Crippen LogP contribution in [0.2, 0.25) is 0 Å². The molecule has 0 saturated carbocycles. The highest BCUT2D eigenvalue weighted by atomic mass is 16.2. The summed E-state index contributed by atoms with van der Waals surface area (Å²) >= 11 is 0. The first-order valence-electron chi connectivity index (χ1n) is 24.0. The quantitative estimate of drug-likeness (QED) is 0.0221. The Morgan fingerprint density at radius 2 is 0.694 bits per heavy atom. The normalized spacial score (nSPS) is 20.4. The van der Waals surface area contributed by atoms with E-state index in [1.54, 1.807) is 42.7 Å². The van der Waals surface area contributed by atoms with E-state index < -0.39 is 71.7 Å². The average molecular weight is 991 g/mol. The third-order valence-corrected chi connectivity index (χ3v) is 12.3. The molecule has 1 saturated heterocycles. The van der Waals surface area contributed by atoms with Gasteiger partial charge in [-0.3, -0.25) is 78.1 Å². The molecule has 382 valence electrons. The first-order chi connectivity index (χ1) is 34.6. The van der Waals surface area contributed by atoms with Crippen LogP contribution in [0.25, 0.3) is 21.8 Å². The summed E-state index contributed by atoms with van der Waals surface area (Å²) in [6.07, 6.45) is 4.32. The topological polar surface area (TPSA) is 404 Å². The number of benzene rings is 3. The monoisotopic (exact) mass is 991 g/mol. The van der Waals surface area contributed by atoms with Gasteiger partial charge in [-0.15, -0.1) is 0 Å². The van der Waals surface area contributed by atoms with Crippen LogP contribution in [0, 0.1) is 0 Å². The van der Waals surface area contributed by atoms with Crippen molar-refractivity contribution in [2.75, 3.05) is 19.6 Å². The van der Waals surface area contributed by atoms with E-state index in [4.69, 9.17) is 34.4 Å². The zero-order chi connectivity index (χ0) is 51.6. The number of amides is 6. The predicted octanol–water partition coefficient (Wildman–Crippen LogP) is -7.00. The maximum Gasteiger partial charge on any atom is 0.338 e. The van der Waals surface area contributed by atoms with Crippen molar-refractivity contribution >= 4 is 75.1 Å². The lowest BCUT2D eigenvalue weighted by Crippen LogP contribution is -2.78. The van der Waals surface area contributed by atoms with E-state index in [9.17, 15) is 28.8 Å². The van der Waals surface area contributed by atoms with Gasteiger partial charge in [-0.1, -0.05) is 66.7 Å². The van der Waals surface area contributed by atoms with Crippen molar-refractivity contribution in [1.82, 2.24) is 41.9 Å². The SMILES string of the molecule is NC(N)=[NH+]CCC[C@@H]1NC(=O)[C@H](CCC[NH+]=C(N)N)NC(=O)[C@H](Cc2ccccc2)NC(=O)[C@H](CCC[NH+]=C(N)N)NC(=O)[C@H](Cc2c[nH]c3ccccc23)NC(=O)[C@H](Cc2c[nH]c3ccccc23)NC1=O. The third kappa shape index (κ3) is 15.4. The van der Waals surface area contributed by atoms with Crippen LogP contribution in [-0.2, 0) is 48.0 Å². The van der Waals surface area contributed by atoms with Crippen LogP contribution in [0.5, 0.6) is 0 Å². The number of nitrogens with two attached hydrogens (primary N) is 6. The number of H-pyrrole nitrogens is 2. The first-order valence-corrected chi connectivity index (χ1v) is 24.0. The van der Waals surface area contributed by atoms with E-state index in [1.165, 1.54) is 0 Å². The summed E-state index contributed by atoms with van der Waals surface area (Å²) in [4.78, 5) is 103. The number of rotatable bonds is 18. The molecule has 0 radical (unpaired) electrons. The van der Waals surface area contributed by atoms with Gasteiger partial charge in [0.2, 0.25) is 35.4 Å². The highest BCUT2D eigenvalue weighted by Crippen LogP contribution is 2.22. The van der Waals surface area contributed by atoms with Gasteiger partial charge in [-0.2, -0.15) is 0 Å². The minimum atomic E-state index is -1.32. The molecule has 6 rings (SSSR count). The number of carbonyl (C=O) groups excluding carboxylic acids is 6. The molecule has 0 bridgehead atoms. The van der Waals surface area contributed by atoms with E-state index in [2.05, 4.69) is 56.8 Å². The first kappa shape index (κ1) is 52.7. The lowest BCUT2D eigenvalue weighted by molar-refractivity contribution is -0.460. The maximum atomic E-state index is 15.0. The van der Waals surface area contributed by atoms with Crippen LogP contribution >= 0.6 is 0 Å². The van der Waals surface area contributed by atoms with Crippen LogP contribution in [0.15, 0.2) is 91.3 Å². The van der Waals surface area contributed by atoms with Crippen molar-refractivity contribution in [2.24, 2.45) is 34.4 Å². The van der Waals surface area contributed by atoms with E-state index in [-0.39, 0.29) is 95.3 Å². The van der Waals surface area contributed by atoms with Crippen LogP contribution in [0.3, 0.4) is 0 Å². The van der Waals surface area contributed by atoms with Crippen LogP contribution in [0.1, 0.15) is 55.2 Å². The van der Waals surface area contributed by atoms with Gasteiger partial charge >= 0.3 is 17.9 Å². The van der Waals surface area contributed by atoms with Gasteiger partial charge in [-0.25, -0.2) is 0 Å². The van der Waals surface area contributed by atoms with Crippen molar-refractivity contribution in [1.29, 1.82) is 0 Å². The number of para-hydroxylation sites is 2. The highest BCUT2D eigenvalue weighted by molar-refractivity contribution is 5.99. The van der Waals surface area contributed by atoms with Crippen molar-refractivity contribution in [3.05, 3.63) is 108 Å². The summed E-state index contributed by atoms with van der Waals surface area (Å²) in [5, 5.41) is 18.8. The second kappa shape index (κ2) is 25.8. The summed E-state index contributed by atoms with van der Waals surface area (Å²) in [7, 11) is 0. The molecule has 1 fully saturated rings. The summed E-state index contributed by atoms with van der Waals surface area (Å²) in [5.74, 6) is -4.43. The molecule has 23 nitrogen and oxygen atoms in total. The molecule has 23 heteroatoms. The molecule has 3 aromatic carbocycles. The van der Waals surface area contributed by atoms with Gasteiger partial charge < -0.3 is 41.9 Å². The van der Waals surface area contributed by atoms with Crippen molar-refractivity contribution in [2.45, 2.75) is 94.0 Å². The number of carbonyl (C=O) groups is 6. The lowest BCUT2D eigenvalue weighted by Gasteiger charge is -2.29. The summed E-state index contributed by atoms with van der Waals surface area (Å²) in [5.41, 5.74) is 37.5. The van der Waals surface area contributed by atoms with E-state index in [0.29, 0.717) is 16.7 Å². The Kier molecular flexibility index (Phi) is 18.9. The number of guanidine groups is 3. The molecule has 72 heavy (non-hydrogen) atoms. The van der Waals surface area contributed by atoms with Crippen molar-refractivity contribution in [3.63, 3.8) is 0 Å². The Morgan fingerprint density at radius 3 is 1.06 bits per heavy atom. The lowest BCUT2D eigenvalue weighted by atomic mass is 10.00. The summed E-state index contributed by atoms with van der Waals surface area (Å²) in [6.45, 7) is 0.692. The minimum absolute atomic E-state index is 0.00967. The standard InChI is InChI=1S/C49H65N17O6/c50-47(51)56-20-8-17-35-41(67)61-36(18-9-21-57-48(52)53)43(69)65-40(25-30-27-60-34-16-7-5-14-32(30)34)46(72)66-39(24-29-26-59-33-15-6-4-13-31(29)33)45(71)63-37(19-10-22-58-49(54)55)42(68)64-38(44(70)62-35)23-28-11-2-1-3-12-28/h1-7,11-16,26-27,35-40,59-60H,8-10,17-25H2,(H,61,67)(H,62,70)(H,63,71)(H,64,68)(H,65,69)(H,66,72)(H4,50,51,56)(H4,52,53,57)(H4,54,55,58)/p+3/t35-,36-,37-,38-,39-,40-/m0/s1. The Bertz CT molecular complexity index is 2760. The zero-order valence-electron chi connectivity index (χ0n) is 40.0. The van der Waals surface area contributed by atoms with Gasteiger partial charge in [0.25, 0.3) is 0 Å². The fraction of sp³-hybridized carbons (Fsp3) is 0.367. The number of hydrogen-bond donors (Lipinski definition) is 17. The van der Waals surface area contributed by atoms with E-state index >= 15 is 0 Å². The molecule has 0 aliphatic carbocycles. The smallest absolute Gasteiger partial charge is 0.338 e. The molecule has 5 aromatic rings. The number of hydrogen-bond acceptors (Lipinski definition) is 6. The van der Waals surface area contributed by atoms with Crippen molar-refractivity contribution < 1.29 is 43.7 Å². The molecule has 2 aromatic heterocycles. The van der Waals surface area contributed by atoms with Crippen LogP contribution in [-0.4, -0.2) is 119 Å². The highest BCUT2D eigenvalue weighted by Gasteiger charge is 2.36. The van der Waals surface area contributed by atoms with Gasteiger partial charge in [0, 0.05) is 53.5 Å². The summed E-state index contributed by atoms with van der Waals surface area (Å²) < 4.78 is 0. The molecular weight excluding hydrogens is 923 g/mol. The Morgan fingerprint density at radius 1 is 0.389 bits per heavy atom. The Balaban J connectivity index is 1.45. The summed E-state index contributed by atoms with van der Waals surface area (Å²) in [6, 6.07) is 16.1. The molecular formula is C49H68N17O6+3. The van der Waals surface area contributed by atoms with E-state index in [1.807, 2.05) is 48.5 Å². The van der Waals surface area contributed by atoms with E-state index in [0.717, 1.165) is 21.8 Å². The molecule has 0 unspecified atom stereocenters. The molecule has 1 aliphatic heterocycles.